The highest BCUT2D eigenvalue weighted by Gasteiger charge is 2.36. The van der Waals surface area contributed by atoms with Gasteiger partial charge in [-0.3, -0.25) is 4.68 Å². The average Bonchev–Trinajstić information content (AvgIpc) is 2.61. The van der Waals surface area contributed by atoms with Gasteiger partial charge in [0.2, 0.25) is 5.95 Å². The van der Waals surface area contributed by atoms with Gasteiger partial charge in [0.05, 0.1) is 11.9 Å². The van der Waals surface area contributed by atoms with Crippen LogP contribution in [0.3, 0.4) is 0 Å². The molecule has 2 aromatic heterocycles. The summed E-state index contributed by atoms with van der Waals surface area (Å²) in [6.07, 6.45) is -3.04. The van der Waals surface area contributed by atoms with Crippen molar-refractivity contribution in [2.75, 3.05) is 11.1 Å². The summed E-state index contributed by atoms with van der Waals surface area (Å²) >= 11 is 0. The van der Waals surface area contributed by atoms with Crippen molar-refractivity contribution in [3.63, 3.8) is 0 Å². The van der Waals surface area contributed by atoms with E-state index in [1.807, 2.05) is 0 Å². The fourth-order valence-corrected chi connectivity index (χ4v) is 1.61. The number of halogens is 3. The Balaban J connectivity index is 2.38. The van der Waals surface area contributed by atoms with E-state index in [1.54, 1.807) is 13.1 Å². The number of nitrogen functional groups attached to an aromatic ring is 1. The van der Waals surface area contributed by atoms with Crippen LogP contribution in [-0.2, 0) is 13.2 Å². The fraction of sp³-hybridized carbons (Fsp3) is 0.300. The summed E-state index contributed by atoms with van der Waals surface area (Å²) in [6.45, 7) is 1.23. The van der Waals surface area contributed by atoms with Gasteiger partial charge in [-0.15, -0.1) is 0 Å². The number of rotatable bonds is 2. The maximum atomic E-state index is 12.7. The van der Waals surface area contributed by atoms with Gasteiger partial charge in [-0.05, 0) is 6.92 Å². The highest BCUT2D eigenvalue weighted by Crippen LogP contribution is 2.35. The fourth-order valence-electron chi connectivity index (χ4n) is 1.61. The zero-order valence-corrected chi connectivity index (χ0v) is 10.2. The quantitative estimate of drug-likeness (QED) is 0.872. The lowest BCUT2D eigenvalue weighted by molar-refractivity contribution is -0.137. The van der Waals surface area contributed by atoms with Crippen LogP contribution in [0.25, 0.3) is 0 Å². The number of nitrogens with two attached hydrogens (primary N) is 1. The summed E-state index contributed by atoms with van der Waals surface area (Å²) in [7, 11) is 1.67. The predicted octanol–water partition coefficient (Wildman–Crippen LogP) is 1.86. The summed E-state index contributed by atoms with van der Waals surface area (Å²) in [6, 6.07) is 1.63. The minimum atomic E-state index is -4.57. The Morgan fingerprint density at radius 1 is 1.32 bits per heavy atom. The minimum Gasteiger partial charge on any atom is -0.383 e. The number of aryl methyl sites for hydroxylation is 2. The first-order chi connectivity index (χ1) is 8.79. The van der Waals surface area contributed by atoms with E-state index in [4.69, 9.17) is 5.73 Å². The Morgan fingerprint density at radius 2 is 2.00 bits per heavy atom. The van der Waals surface area contributed by atoms with Crippen molar-refractivity contribution in [3.8, 4) is 0 Å². The average molecular weight is 272 g/mol. The van der Waals surface area contributed by atoms with Gasteiger partial charge < -0.3 is 11.1 Å². The van der Waals surface area contributed by atoms with Gasteiger partial charge in [-0.2, -0.15) is 23.3 Å². The molecule has 3 N–H and O–H groups in total. The van der Waals surface area contributed by atoms with Crippen LogP contribution in [0.5, 0.6) is 0 Å². The summed E-state index contributed by atoms with van der Waals surface area (Å²) in [5.41, 5.74) is 4.10. The van der Waals surface area contributed by atoms with Crippen LogP contribution in [-0.4, -0.2) is 19.7 Å². The molecular formula is C10H11F3N6. The molecule has 0 amide bonds. The van der Waals surface area contributed by atoms with Crippen molar-refractivity contribution < 1.29 is 13.2 Å². The van der Waals surface area contributed by atoms with Gasteiger partial charge >= 0.3 is 6.18 Å². The highest BCUT2D eigenvalue weighted by atomic mass is 19.4. The number of aromatic nitrogens is 4. The zero-order chi connectivity index (χ0) is 14.2. The molecule has 19 heavy (non-hydrogen) atoms. The molecule has 2 aromatic rings. The number of anilines is 3. The molecule has 2 rings (SSSR count). The monoisotopic (exact) mass is 272 g/mol. The second kappa shape index (κ2) is 4.41. The van der Waals surface area contributed by atoms with Crippen LogP contribution in [0, 0.1) is 6.92 Å². The molecule has 6 nitrogen and oxygen atoms in total. The minimum absolute atomic E-state index is 0.00778. The highest BCUT2D eigenvalue weighted by molar-refractivity contribution is 5.53. The normalized spacial score (nSPS) is 11.6. The first-order valence-electron chi connectivity index (χ1n) is 5.25. The molecule has 0 aliphatic heterocycles. The molecule has 102 valence electrons. The van der Waals surface area contributed by atoms with E-state index in [2.05, 4.69) is 20.4 Å². The van der Waals surface area contributed by atoms with Crippen LogP contribution in [0.4, 0.5) is 30.8 Å². The number of nitrogens with zero attached hydrogens (tertiary/aromatic N) is 4. The van der Waals surface area contributed by atoms with E-state index in [0.29, 0.717) is 5.82 Å². The lowest BCUT2D eigenvalue weighted by Gasteiger charge is -2.13. The van der Waals surface area contributed by atoms with E-state index >= 15 is 0 Å². The van der Waals surface area contributed by atoms with E-state index in [9.17, 15) is 13.2 Å². The lowest BCUT2D eigenvalue weighted by atomic mass is 10.2. The van der Waals surface area contributed by atoms with Gasteiger partial charge in [0.1, 0.15) is 17.2 Å². The Morgan fingerprint density at radius 3 is 2.47 bits per heavy atom. The second-order valence-corrected chi connectivity index (χ2v) is 3.86. The van der Waals surface area contributed by atoms with Crippen molar-refractivity contribution in [1.29, 1.82) is 0 Å². The van der Waals surface area contributed by atoms with Crippen molar-refractivity contribution in [2.24, 2.45) is 7.05 Å². The molecule has 0 saturated heterocycles. The number of hydrogen-bond acceptors (Lipinski definition) is 5. The van der Waals surface area contributed by atoms with Crippen molar-refractivity contribution in [1.82, 2.24) is 19.7 Å². The van der Waals surface area contributed by atoms with Gasteiger partial charge in [0, 0.05) is 13.1 Å². The molecule has 0 fully saturated rings. The van der Waals surface area contributed by atoms with E-state index < -0.39 is 17.6 Å². The van der Waals surface area contributed by atoms with Crippen LogP contribution in [0.15, 0.2) is 12.3 Å². The van der Waals surface area contributed by atoms with E-state index in [-0.39, 0.29) is 11.6 Å². The topological polar surface area (TPSA) is 81.7 Å². The van der Waals surface area contributed by atoms with Gasteiger partial charge in [-0.25, -0.2) is 4.98 Å². The van der Waals surface area contributed by atoms with Crippen molar-refractivity contribution in [3.05, 3.63) is 23.5 Å². The van der Waals surface area contributed by atoms with Gasteiger partial charge in [0.25, 0.3) is 0 Å². The molecule has 0 aliphatic carbocycles. The zero-order valence-electron chi connectivity index (χ0n) is 10.2. The summed E-state index contributed by atoms with van der Waals surface area (Å²) in [5, 5.41) is 6.65. The largest absolute Gasteiger partial charge is 0.421 e. The number of alkyl halides is 3. The molecule has 9 heteroatoms. The molecule has 2 heterocycles. The second-order valence-electron chi connectivity index (χ2n) is 3.86. The van der Waals surface area contributed by atoms with Crippen LogP contribution < -0.4 is 11.1 Å². The third-order valence-corrected chi connectivity index (χ3v) is 2.46. The maximum Gasteiger partial charge on any atom is 0.421 e. The number of hydrogen-bond donors (Lipinski definition) is 2. The first-order valence-corrected chi connectivity index (χ1v) is 5.25. The van der Waals surface area contributed by atoms with E-state index in [0.717, 1.165) is 0 Å². The van der Waals surface area contributed by atoms with E-state index in [1.165, 1.54) is 17.8 Å². The third kappa shape index (κ3) is 2.59. The Hall–Kier alpha value is -2.32. The Labute approximate surface area is 106 Å². The van der Waals surface area contributed by atoms with Crippen LogP contribution in [0.2, 0.25) is 0 Å². The van der Waals surface area contributed by atoms with Gasteiger partial charge in [-0.1, -0.05) is 0 Å². The molecule has 0 spiro atoms. The van der Waals surface area contributed by atoms with Crippen molar-refractivity contribution in [2.45, 2.75) is 13.1 Å². The molecule has 0 atom stereocenters. The molecule has 0 saturated carbocycles. The van der Waals surface area contributed by atoms with Crippen molar-refractivity contribution >= 4 is 17.6 Å². The smallest absolute Gasteiger partial charge is 0.383 e. The summed E-state index contributed by atoms with van der Waals surface area (Å²) < 4.78 is 39.6. The standard InChI is InChI=1S/C10H11F3N6/c1-5-7(10(11,12)13)8(14)18-9(16-5)17-6-3-4-15-19(6)2/h3-4H,1-2H3,(H3,14,16,17,18). The number of nitrogens with one attached hydrogen (secondary N) is 1. The molecule has 0 aromatic carbocycles. The summed E-state index contributed by atoms with van der Waals surface area (Å²) in [4.78, 5) is 7.36. The molecule has 0 bridgehead atoms. The Bertz CT molecular complexity index is 581. The predicted molar refractivity (Wildman–Crippen MR) is 62.7 cm³/mol. The summed E-state index contributed by atoms with van der Waals surface area (Å²) in [5.74, 6) is -0.0742. The Kier molecular flexibility index (Phi) is 3.05. The lowest BCUT2D eigenvalue weighted by Crippen LogP contribution is -2.15. The first kappa shape index (κ1) is 13.1. The van der Waals surface area contributed by atoms with Gasteiger partial charge in [0.15, 0.2) is 0 Å². The molecule has 0 unspecified atom stereocenters. The SMILES string of the molecule is Cc1nc(Nc2ccnn2C)nc(N)c1C(F)(F)F. The molecule has 0 radical (unpaired) electrons. The molecular weight excluding hydrogens is 261 g/mol. The van der Waals surface area contributed by atoms with Crippen LogP contribution >= 0.6 is 0 Å². The molecule has 0 aliphatic rings. The maximum absolute atomic E-state index is 12.7. The van der Waals surface area contributed by atoms with Crippen LogP contribution in [0.1, 0.15) is 11.3 Å². The third-order valence-electron chi connectivity index (χ3n) is 2.46.